The summed E-state index contributed by atoms with van der Waals surface area (Å²) in [5.41, 5.74) is 16.2. The first-order valence-electron chi connectivity index (χ1n) is 4.96. The zero-order chi connectivity index (χ0) is 11.2. The minimum absolute atomic E-state index is 0.252. The molecular weight excluding hydrogens is 182 g/mol. The molecule has 1 atom stereocenters. The quantitative estimate of drug-likeness (QED) is 0.348. The molecule has 1 unspecified atom stereocenters. The van der Waals surface area contributed by atoms with Gasteiger partial charge in [-0.1, -0.05) is 13.3 Å². The highest BCUT2D eigenvalue weighted by atomic mass is 16.4. The number of aliphatic carboxylic acids is 1. The van der Waals surface area contributed by atoms with Crippen molar-refractivity contribution in [3.05, 3.63) is 0 Å². The van der Waals surface area contributed by atoms with Gasteiger partial charge in [0.05, 0.1) is 5.92 Å². The Morgan fingerprint density at radius 2 is 1.93 bits per heavy atom. The molecule has 0 saturated heterocycles. The Balaban J connectivity index is 3.58. The zero-order valence-electron chi connectivity index (χ0n) is 8.70. The molecule has 5 nitrogen and oxygen atoms in total. The average Bonchev–Trinajstić information content (AvgIpc) is 2.01. The van der Waals surface area contributed by atoms with E-state index in [2.05, 4.69) is 0 Å². The van der Waals surface area contributed by atoms with Crippen LogP contribution in [0.5, 0.6) is 0 Å². The Morgan fingerprint density at radius 1 is 1.36 bits per heavy atom. The molecule has 0 aromatic carbocycles. The smallest absolute Gasteiger partial charge is 0.306 e. The highest BCUT2D eigenvalue weighted by molar-refractivity contribution is 5.69. The van der Waals surface area contributed by atoms with Crippen molar-refractivity contribution in [2.24, 2.45) is 23.1 Å². The largest absolute Gasteiger partial charge is 0.481 e. The zero-order valence-corrected chi connectivity index (χ0v) is 8.70. The van der Waals surface area contributed by atoms with Gasteiger partial charge in [-0.3, -0.25) is 4.79 Å². The molecule has 0 bridgehead atoms. The predicted octanol–water partition coefficient (Wildman–Crippen LogP) is 0.188. The van der Waals surface area contributed by atoms with Gasteiger partial charge in [0.25, 0.3) is 0 Å². The van der Waals surface area contributed by atoms with Gasteiger partial charge in [0, 0.05) is 0 Å². The third-order valence-corrected chi connectivity index (χ3v) is 2.25. The van der Waals surface area contributed by atoms with Crippen molar-refractivity contribution in [3.8, 4) is 0 Å². The normalized spacial score (nSPS) is 14.0. The summed E-state index contributed by atoms with van der Waals surface area (Å²) >= 11 is 0. The Kier molecular flexibility index (Phi) is 5.68. The minimum atomic E-state index is -1.12. The Morgan fingerprint density at radius 3 is 2.29 bits per heavy atom. The molecule has 0 aliphatic carbocycles. The van der Waals surface area contributed by atoms with Gasteiger partial charge >= 0.3 is 5.97 Å². The molecule has 0 radical (unpaired) electrons. The summed E-state index contributed by atoms with van der Waals surface area (Å²) in [6.45, 7) is 1.87. The summed E-state index contributed by atoms with van der Waals surface area (Å²) in [6, 6.07) is 0. The topological polar surface area (TPSA) is 115 Å². The van der Waals surface area contributed by atoms with Gasteiger partial charge in [0.2, 0.25) is 0 Å². The molecule has 0 rings (SSSR count). The highest BCUT2D eigenvalue weighted by Gasteiger charge is 2.15. The molecule has 5 heteroatoms. The van der Waals surface area contributed by atoms with E-state index < -0.39 is 11.8 Å². The first-order valence-corrected chi connectivity index (χ1v) is 4.96. The second-order valence-electron chi connectivity index (χ2n) is 3.80. The van der Waals surface area contributed by atoms with Crippen LogP contribution in [-0.2, 0) is 4.79 Å². The standard InChI is InChI=1S/C9H21N3O2/c1-2-7(8(13)14)5-3-4-6-9(10,11)12/h7H,2-6,10-12H2,1H3,(H,13,14). The predicted molar refractivity (Wildman–Crippen MR) is 55.2 cm³/mol. The van der Waals surface area contributed by atoms with Crippen LogP contribution in [0.1, 0.15) is 39.0 Å². The molecule has 0 aliphatic heterocycles. The van der Waals surface area contributed by atoms with Gasteiger partial charge in [0.1, 0.15) is 5.79 Å². The number of rotatable bonds is 7. The number of hydrogen-bond acceptors (Lipinski definition) is 4. The molecule has 0 aromatic rings. The second-order valence-corrected chi connectivity index (χ2v) is 3.80. The Hall–Kier alpha value is -0.650. The molecule has 0 aromatic heterocycles. The monoisotopic (exact) mass is 203 g/mol. The van der Waals surface area contributed by atoms with Gasteiger partial charge in [-0.25, -0.2) is 0 Å². The fraction of sp³-hybridized carbons (Fsp3) is 0.889. The first-order chi connectivity index (χ1) is 6.37. The van der Waals surface area contributed by atoms with Crippen molar-refractivity contribution in [1.82, 2.24) is 0 Å². The van der Waals surface area contributed by atoms with E-state index >= 15 is 0 Å². The number of unbranched alkanes of at least 4 members (excludes halogenated alkanes) is 1. The van der Waals surface area contributed by atoms with E-state index in [1.54, 1.807) is 0 Å². The summed E-state index contributed by atoms with van der Waals surface area (Å²) in [5, 5.41) is 8.76. The number of carbonyl (C=O) groups is 1. The van der Waals surface area contributed by atoms with Gasteiger partial charge in [-0.2, -0.15) is 0 Å². The molecule has 7 N–H and O–H groups in total. The second kappa shape index (κ2) is 5.95. The van der Waals surface area contributed by atoms with Crippen LogP contribution in [0.25, 0.3) is 0 Å². The van der Waals surface area contributed by atoms with Crippen LogP contribution in [0.4, 0.5) is 0 Å². The average molecular weight is 203 g/mol. The van der Waals surface area contributed by atoms with Crippen LogP contribution in [0.15, 0.2) is 0 Å². The SMILES string of the molecule is CCC(CCCCC(N)(N)N)C(=O)O. The Bertz CT molecular complexity index is 177. The third-order valence-electron chi connectivity index (χ3n) is 2.25. The summed E-state index contributed by atoms with van der Waals surface area (Å²) in [5.74, 6) is -2.10. The van der Waals surface area contributed by atoms with Crippen LogP contribution in [0.2, 0.25) is 0 Å². The van der Waals surface area contributed by atoms with Crippen LogP contribution >= 0.6 is 0 Å². The lowest BCUT2D eigenvalue weighted by atomic mass is 9.98. The maximum absolute atomic E-state index is 10.6. The summed E-state index contributed by atoms with van der Waals surface area (Å²) in [6.07, 6.45) is 3.42. The molecule has 84 valence electrons. The van der Waals surface area contributed by atoms with Crippen molar-refractivity contribution < 1.29 is 9.90 Å². The Labute approximate surface area is 84.6 Å². The highest BCUT2D eigenvalue weighted by Crippen LogP contribution is 2.14. The van der Waals surface area contributed by atoms with E-state index in [0.29, 0.717) is 19.3 Å². The maximum atomic E-state index is 10.6. The lowest BCUT2D eigenvalue weighted by molar-refractivity contribution is -0.142. The lowest BCUT2D eigenvalue weighted by Crippen LogP contribution is -2.57. The molecule has 0 aliphatic rings. The van der Waals surface area contributed by atoms with Crippen LogP contribution in [0.3, 0.4) is 0 Å². The molecule has 0 saturated carbocycles. The van der Waals surface area contributed by atoms with Gasteiger partial charge in [0.15, 0.2) is 0 Å². The molecular formula is C9H21N3O2. The van der Waals surface area contributed by atoms with Crippen LogP contribution in [0, 0.1) is 5.92 Å². The lowest BCUT2D eigenvalue weighted by Gasteiger charge is -2.18. The van der Waals surface area contributed by atoms with Crippen molar-refractivity contribution in [2.75, 3.05) is 0 Å². The van der Waals surface area contributed by atoms with Gasteiger partial charge in [-0.05, 0) is 25.7 Å². The summed E-state index contributed by atoms with van der Waals surface area (Å²) in [7, 11) is 0. The van der Waals surface area contributed by atoms with E-state index in [4.69, 9.17) is 22.3 Å². The van der Waals surface area contributed by atoms with Gasteiger partial charge in [-0.15, -0.1) is 0 Å². The van der Waals surface area contributed by atoms with Crippen molar-refractivity contribution in [2.45, 2.75) is 44.8 Å². The summed E-state index contributed by atoms with van der Waals surface area (Å²) in [4.78, 5) is 10.6. The van der Waals surface area contributed by atoms with Crippen LogP contribution in [-0.4, -0.2) is 16.9 Å². The van der Waals surface area contributed by atoms with Crippen molar-refractivity contribution >= 4 is 5.97 Å². The molecule has 14 heavy (non-hydrogen) atoms. The number of hydrogen-bond donors (Lipinski definition) is 4. The molecule has 0 fully saturated rings. The maximum Gasteiger partial charge on any atom is 0.306 e. The fourth-order valence-corrected chi connectivity index (χ4v) is 1.32. The molecule has 0 amide bonds. The van der Waals surface area contributed by atoms with Gasteiger partial charge < -0.3 is 22.3 Å². The number of nitrogens with two attached hydrogens (primary N) is 3. The van der Waals surface area contributed by atoms with E-state index in [9.17, 15) is 4.79 Å². The van der Waals surface area contributed by atoms with Crippen molar-refractivity contribution in [3.63, 3.8) is 0 Å². The molecule has 0 spiro atoms. The van der Waals surface area contributed by atoms with Crippen LogP contribution < -0.4 is 17.2 Å². The van der Waals surface area contributed by atoms with E-state index in [1.165, 1.54) is 0 Å². The minimum Gasteiger partial charge on any atom is -0.481 e. The number of carboxylic acid groups (broad SMARTS) is 1. The fourth-order valence-electron chi connectivity index (χ4n) is 1.32. The van der Waals surface area contributed by atoms with E-state index in [-0.39, 0.29) is 5.92 Å². The van der Waals surface area contributed by atoms with E-state index in [0.717, 1.165) is 12.8 Å². The van der Waals surface area contributed by atoms with E-state index in [1.807, 2.05) is 6.92 Å². The molecule has 0 heterocycles. The van der Waals surface area contributed by atoms with Crippen molar-refractivity contribution in [1.29, 1.82) is 0 Å². The third kappa shape index (κ3) is 6.82. The summed E-state index contributed by atoms with van der Waals surface area (Å²) < 4.78 is 0. The first kappa shape index (κ1) is 13.4. The number of carboxylic acids is 1.